The van der Waals surface area contributed by atoms with Crippen molar-refractivity contribution < 1.29 is 0 Å². The van der Waals surface area contributed by atoms with Crippen LogP contribution in [-0.2, 0) is 6.42 Å². The van der Waals surface area contributed by atoms with Crippen molar-refractivity contribution >= 4 is 5.82 Å². The Kier molecular flexibility index (Phi) is 3.47. The molecule has 90 valence electrons. The molecular formula is C14H19N3. The van der Waals surface area contributed by atoms with Gasteiger partial charge in [-0.15, -0.1) is 0 Å². The van der Waals surface area contributed by atoms with Gasteiger partial charge in [0.1, 0.15) is 5.82 Å². The monoisotopic (exact) mass is 229 g/mol. The van der Waals surface area contributed by atoms with Gasteiger partial charge in [-0.05, 0) is 23.5 Å². The maximum Gasteiger partial charge on any atom is 0.148 e. The van der Waals surface area contributed by atoms with Crippen LogP contribution in [-0.4, -0.2) is 17.2 Å². The Hall–Kier alpha value is -1.77. The van der Waals surface area contributed by atoms with Gasteiger partial charge in [-0.2, -0.15) is 5.10 Å². The zero-order valence-corrected chi connectivity index (χ0v) is 10.6. The summed E-state index contributed by atoms with van der Waals surface area (Å²) < 4.78 is 0. The van der Waals surface area contributed by atoms with E-state index in [1.807, 2.05) is 13.1 Å². The Morgan fingerprint density at radius 1 is 1.24 bits per heavy atom. The molecule has 2 N–H and O–H groups in total. The van der Waals surface area contributed by atoms with E-state index in [1.54, 1.807) is 0 Å². The predicted octanol–water partition coefficient (Wildman–Crippen LogP) is 3.32. The van der Waals surface area contributed by atoms with Crippen molar-refractivity contribution in [2.24, 2.45) is 5.92 Å². The molecule has 0 aliphatic carbocycles. The number of rotatable bonds is 4. The first kappa shape index (κ1) is 11.7. The molecule has 1 heterocycles. The van der Waals surface area contributed by atoms with Gasteiger partial charge in [-0.3, -0.25) is 5.10 Å². The van der Waals surface area contributed by atoms with E-state index in [1.165, 1.54) is 11.1 Å². The molecule has 0 atom stereocenters. The van der Waals surface area contributed by atoms with Crippen LogP contribution < -0.4 is 5.32 Å². The van der Waals surface area contributed by atoms with E-state index in [2.05, 4.69) is 53.6 Å². The second-order valence-electron chi connectivity index (χ2n) is 4.71. The number of nitrogens with one attached hydrogen (secondary N) is 2. The lowest BCUT2D eigenvalue weighted by atomic mass is 10.0. The third-order valence-electron chi connectivity index (χ3n) is 2.74. The largest absolute Gasteiger partial charge is 0.372 e. The van der Waals surface area contributed by atoms with Crippen LogP contribution in [0, 0.1) is 5.92 Å². The van der Waals surface area contributed by atoms with Gasteiger partial charge in [0.2, 0.25) is 0 Å². The third kappa shape index (κ3) is 2.87. The van der Waals surface area contributed by atoms with Gasteiger partial charge >= 0.3 is 0 Å². The van der Waals surface area contributed by atoms with Crippen LogP contribution in [0.15, 0.2) is 30.3 Å². The molecule has 0 spiro atoms. The van der Waals surface area contributed by atoms with Crippen LogP contribution in [0.3, 0.4) is 0 Å². The second kappa shape index (κ2) is 5.04. The summed E-state index contributed by atoms with van der Waals surface area (Å²) in [5, 5.41) is 10.2. The van der Waals surface area contributed by atoms with E-state index in [-0.39, 0.29) is 0 Å². The van der Waals surface area contributed by atoms with E-state index in [4.69, 9.17) is 0 Å². The maximum absolute atomic E-state index is 4.15. The minimum absolute atomic E-state index is 0.698. The Morgan fingerprint density at radius 2 is 1.94 bits per heavy atom. The molecule has 0 amide bonds. The van der Waals surface area contributed by atoms with Gasteiger partial charge in [0.05, 0.1) is 5.69 Å². The van der Waals surface area contributed by atoms with Crippen LogP contribution in [0.2, 0.25) is 0 Å². The van der Waals surface area contributed by atoms with Crippen LogP contribution in [0.1, 0.15) is 19.4 Å². The van der Waals surface area contributed by atoms with E-state index < -0.39 is 0 Å². The molecule has 0 unspecified atom stereocenters. The van der Waals surface area contributed by atoms with Crippen molar-refractivity contribution in [3.63, 3.8) is 0 Å². The van der Waals surface area contributed by atoms with Crippen LogP contribution >= 0.6 is 0 Å². The molecule has 2 rings (SSSR count). The molecular weight excluding hydrogens is 210 g/mol. The number of aromatic nitrogens is 2. The Labute approximate surface area is 102 Å². The maximum atomic E-state index is 4.15. The third-order valence-corrected chi connectivity index (χ3v) is 2.74. The summed E-state index contributed by atoms with van der Waals surface area (Å²) in [7, 11) is 1.87. The first-order valence-electron chi connectivity index (χ1n) is 6.01. The molecule has 3 nitrogen and oxygen atoms in total. The van der Waals surface area contributed by atoms with E-state index in [0.717, 1.165) is 17.9 Å². The number of hydrogen-bond acceptors (Lipinski definition) is 2. The molecule has 0 aliphatic heterocycles. The molecule has 3 heteroatoms. The fourth-order valence-electron chi connectivity index (χ4n) is 1.89. The SMILES string of the molecule is CNc1cc(-c2ccc(CC(C)C)cc2)[nH]n1. The summed E-state index contributed by atoms with van der Waals surface area (Å²) in [5.74, 6) is 1.56. The van der Waals surface area contributed by atoms with Gasteiger partial charge in [0.15, 0.2) is 0 Å². The van der Waals surface area contributed by atoms with Crippen molar-refractivity contribution in [1.29, 1.82) is 0 Å². The Morgan fingerprint density at radius 3 is 2.47 bits per heavy atom. The van der Waals surface area contributed by atoms with Crippen LogP contribution in [0.25, 0.3) is 11.3 Å². The standard InChI is InChI=1S/C14H19N3/c1-10(2)8-11-4-6-12(7-5-11)13-9-14(15-3)17-16-13/h4-7,9-10H,8H2,1-3H3,(H2,15,16,17). The lowest BCUT2D eigenvalue weighted by molar-refractivity contribution is 0.647. The van der Waals surface area contributed by atoms with Gasteiger partial charge in [0.25, 0.3) is 0 Å². The molecule has 17 heavy (non-hydrogen) atoms. The van der Waals surface area contributed by atoms with Gasteiger partial charge in [0, 0.05) is 13.1 Å². The zero-order chi connectivity index (χ0) is 12.3. The van der Waals surface area contributed by atoms with Crippen molar-refractivity contribution in [3.8, 4) is 11.3 Å². The molecule has 1 aromatic heterocycles. The lowest BCUT2D eigenvalue weighted by Gasteiger charge is -2.05. The van der Waals surface area contributed by atoms with Crippen molar-refractivity contribution in [3.05, 3.63) is 35.9 Å². The van der Waals surface area contributed by atoms with Crippen LogP contribution in [0.5, 0.6) is 0 Å². The summed E-state index contributed by atoms with van der Waals surface area (Å²) in [4.78, 5) is 0. The molecule has 1 aromatic carbocycles. The summed E-state index contributed by atoms with van der Waals surface area (Å²) in [5.41, 5.74) is 3.61. The van der Waals surface area contributed by atoms with Crippen molar-refractivity contribution in [1.82, 2.24) is 10.2 Å². The number of aromatic amines is 1. The number of hydrogen-bond donors (Lipinski definition) is 2. The number of nitrogens with zero attached hydrogens (tertiary/aromatic N) is 1. The molecule has 0 saturated heterocycles. The Bertz CT molecular complexity index is 468. The molecule has 0 saturated carbocycles. The minimum atomic E-state index is 0.698. The number of H-pyrrole nitrogens is 1. The minimum Gasteiger partial charge on any atom is -0.372 e. The molecule has 0 bridgehead atoms. The van der Waals surface area contributed by atoms with E-state index >= 15 is 0 Å². The summed E-state index contributed by atoms with van der Waals surface area (Å²) >= 11 is 0. The smallest absolute Gasteiger partial charge is 0.148 e. The zero-order valence-electron chi connectivity index (χ0n) is 10.6. The number of anilines is 1. The second-order valence-corrected chi connectivity index (χ2v) is 4.71. The average Bonchev–Trinajstić information content (AvgIpc) is 2.78. The van der Waals surface area contributed by atoms with Gasteiger partial charge < -0.3 is 5.32 Å². The molecule has 0 radical (unpaired) electrons. The van der Waals surface area contributed by atoms with Gasteiger partial charge in [-0.1, -0.05) is 38.1 Å². The first-order valence-corrected chi connectivity index (χ1v) is 6.01. The fourth-order valence-corrected chi connectivity index (χ4v) is 1.89. The summed E-state index contributed by atoms with van der Waals surface area (Å²) in [6.45, 7) is 4.48. The fraction of sp³-hybridized carbons (Fsp3) is 0.357. The highest BCUT2D eigenvalue weighted by atomic mass is 15.2. The van der Waals surface area contributed by atoms with Crippen molar-refractivity contribution in [2.45, 2.75) is 20.3 Å². The summed E-state index contributed by atoms with van der Waals surface area (Å²) in [6.07, 6.45) is 1.13. The van der Waals surface area contributed by atoms with E-state index in [0.29, 0.717) is 5.92 Å². The lowest BCUT2D eigenvalue weighted by Crippen LogP contribution is -1.93. The quantitative estimate of drug-likeness (QED) is 0.844. The molecule has 0 aliphatic rings. The van der Waals surface area contributed by atoms with Crippen LogP contribution in [0.4, 0.5) is 5.82 Å². The average molecular weight is 229 g/mol. The van der Waals surface area contributed by atoms with Gasteiger partial charge in [-0.25, -0.2) is 0 Å². The normalized spacial score (nSPS) is 10.8. The number of benzene rings is 1. The Balaban J connectivity index is 2.17. The highest BCUT2D eigenvalue weighted by Gasteiger charge is 2.03. The molecule has 0 fully saturated rings. The van der Waals surface area contributed by atoms with Crippen molar-refractivity contribution in [2.75, 3.05) is 12.4 Å². The topological polar surface area (TPSA) is 40.7 Å². The highest BCUT2D eigenvalue weighted by molar-refractivity contribution is 5.62. The first-order chi connectivity index (χ1) is 8.19. The predicted molar refractivity (Wildman–Crippen MR) is 72.1 cm³/mol. The van der Waals surface area contributed by atoms with E-state index in [9.17, 15) is 0 Å². The molecule has 2 aromatic rings. The summed E-state index contributed by atoms with van der Waals surface area (Å²) in [6, 6.07) is 10.7. The highest BCUT2D eigenvalue weighted by Crippen LogP contribution is 2.20.